The van der Waals surface area contributed by atoms with Gasteiger partial charge in [0.25, 0.3) is 5.91 Å². The zero-order valence-electron chi connectivity index (χ0n) is 13.2. The van der Waals surface area contributed by atoms with Crippen molar-refractivity contribution < 1.29 is 9.21 Å². The Labute approximate surface area is 142 Å². The molecule has 1 unspecified atom stereocenters. The number of thiazole rings is 1. The molecule has 3 aromatic rings. The molecular weight excluding hydrogens is 324 g/mol. The molecule has 0 radical (unpaired) electrons. The van der Waals surface area contributed by atoms with Gasteiger partial charge < -0.3 is 4.42 Å². The molecule has 1 aliphatic rings. The maximum absolute atomic E-state index is 12.5. The molecule has 122 valence electrons. The van der Waals surface area contributed by atoms with Crippen LogP contribution in [-0.2, 0) is 12.8 Å². The molecule has 1 aliphatic carbocycles. The number of aryl methyl sites for hydroxylation is 1. The summed E-state index contributed by atoms with van der Waals surface area (Å²) in [6.07, 6.45) is 4.29. The summed E-state index contributed by atoms with van der Waals surface area (Å²) in [5.41, 5.74) is 1.20. The number of amides is 1. The predicted molar refractivity (Wildman–Crippen MR) is 93.7 cm³/mol. The number of fused-ring (bicyclic) bond motifs is 2. The van der Waals surface area contributed by atoms with E-state index in [4.69, 9.17) is 4.42 Å². The minimum atomic E-state index is -0.478. The van der Waals surface area contributed by atoms with Gasteiger partial charge in [-0.3, -0.25) is 14.9 Å². The van der Waals surface area contributed by atoms with Crippen LogP contribution in [0.2, 0.25) is 0 Å². The van der Waals surface area contributed by atoms with Crippen LogP contribution < -0.4 is 10.7 Å². The fourth-order valence-corrected chi connectivity index (χ4v) is 4.16. The third kappa shape index (κ3) is 2.63. The summed E-state index contributed by atoms with van der Waals surface area (Å²) in [6, 6.07) is 6.89. The van der Waals surface area contributed by atoms with Crippen molar-refractivity contribution in [3.8, 4) is 0 Å². The van der Waals surface area contributed by atoms with Gasteiger partial charge in [-0.2, -0.15) is 0 Å². The van der Waals surface area contributed by atoms with Crippen molar-refractivity contribution in [2.24, 2.45) is 5.92 Å². The van der Waals surface area contributed by atoms with Gasteiger partial charge in [-0.25, -0.2) is 4.98 Å². The summed E-state index contributed by atoms with van der Waals surface area (Å²) >= 11 is 1.50. The summed E-state index contributed by atoms with van der Waals surface area (Å²) in [7, 11) is 0. The standard InChI is InChI=1S/C18H16N2O3S/c1-10-6-7-13-15(8-10)24-18(19-13)20-17(22)12-9-23-14-5-3-2-4-11(14)16(12)21/h2-5,9-10H,6-8H2,1H3,(H,19,20,22). The molecule has 0 aliphatic heterocycles. The van der Waals surface area contributed by atoms with Gasteiger partial charge in [-0.1, -0.05) is 19.1 Å². The summed E-state index contributed by atoms with van der Waals surface area (Å²) < 4.78 is 5.40. The van der Waals surface area contributed by atoms with Gasteiger partial charge in [-0.05, 0) is 37.3 Å². The number of hydrogen-bond donors (Lipinski definition) is 1. The number of benzene rings is 1. The van der Waals surface area contributed by atoms with E-state index in [1.807, 2.05) is 0 Å². The maximum Gasteiger partial charge on any atom is 0.264 e. The molecule has 0 saturated heterocycles. The SMILES string of the molecule is CC1CCc2nc(NC(=O)c3coc4ccccc4c3=O)sc2C1. The third-order valence-electron chi connectivity index (χ3n) is 4.33. The first-order chi connectivity index (χ1) is 11.6. The van der Waals surface area contributed by atoms with E-state index >= 15 is 0 Å². The molecule has 0 spiro atoms. The van der Waals surface area contributed by atoms with E-state index in [0.29, 0.717) is 22.0 Å². The molecule has 5 nitrogen and oxygen atoms in total. The Morgan fingerprint density at radius 3 is 3.08 bits per heavy atom. The Morgan fingerprint density at radius 1 is 1.38 bits per heavy atom. The molecule has 0 fully saturated rings. The second-order valence-electron chi connectivity index (χ2n) is 6.17. The highest BCUT2D eigenvalue weighted by atomic mass is 32.1. The van der Waals surface area contributed by atoms with E-state index in [1.165, 1.54) is 22.5 Å². The predicted octanol–water partition coefficient (Wildman–Crippen LogP) is 3.63. The largest absolute Gasteiger partial charge is 0.463 e. The minimum absolute atomic E-state index is 0.00441. The fraction of sp³-hybridized carbons (Fsp3) is 0.278. The lowest BCUT2D eigenvalue weighted by Crippen LogP contribution is -2.21. The molecule has 0 bridgehead atoms. The maximum atomic E-state index is 12.5. The van der Waals surface area contributed by atoms with Crippen molar-refractivity contribution in [3.63, 3.8) is 0 Å². The molecule has 6 heteroatoms. The van der Waals surface area contributed by atoms with Crippen LogP contribution in [0.1, 0.15) is 34.3 Å². The summed E-state index contributed by atoms with van der Waals surface area (Å²) in [6.45, 7) is 2.22. The normalized spacial score (nSPS) is 16.8. The molecule has 24 heavy (non-hydrogen) atoms. The molecule has 1 N–H and O–H groups in total. The highest BCUT2D eigenvalue weighted by Gasteiger charge is 2.21. The second-order valence-corrected chi connectivity index (χ2v) is 7.25. The van der Waals surface area contributed by atoms with Crippen molar-refractivity contribution in [1.29, 1.82) is 0 Å². The van der Waals surface area contributed by atoms with Gasteiger partial charge in [0.05, 0.1) is 11.1 Å². The number of nitrogens with zero attached hydrogens (tertiary/aromatic N) is 1. The lowest BCUT2D eigenvalue weighted by atomic mass is 9.93. The topological polar surface area (TPSA) is 72.2 Å². The number of aromatic nitrogens is 1. The molecule has 2 aromatic heterocycles. The molecule has 1 atom stereocenters. The average Bonchev–Trinajstić information content (AvgIpc) is 2.96. The van der Waals surface area contributed by atoms with Gasteiger partial charge in [0, 0.05) is 4.88 Å². The molecule has 4 rings (SSSR count). The number of nitrogens with one attached hydrogen (secondary N) is 1. The van der Waals surface area contributed by atoms with Crippen LogP contribution in [0.4, 0.5) is 5.13 Å². The van der Waals surface area contributed by atoms with Crippen LogP contribution in [0.15, 0.2) is 39.7 Å². The van der Waals surface area contributed by atoms with Gasteiger partial charge >= 0.3 is 0 Å². The first-order valence-electron chi connectivity index (χ1n) is 7.92. The van der Waals surface area contributed by atoms with Gasteiger partial charge in [0.2, 0.25) is 5.43 Å². The zero-order chi connectivity index (χ0) is 16.7. The van der Waals surface area contributed by atoms with Gasteiger partial charge in [0.15, 0.2) is 5.13 Å². The highest BCUT2D eigenvalue weighted by Crippen LogP contribution is 2.32. The van der Waals surface area contributed by atoms with Crippen LogP contribution in [0.5, 0.6) is 0 Å². The van der Waals surface area contributed by atoms with Crippen LogP contribution in [0.25, 0.3) is 11.0 Å². The third-order valence-corrected chi connectivity index (χ3v) is 5.37. The Kier molecular flexibility index (Phi) is 3.69. The van der Waals surface area contributed by atoms with Crippen LogP contribution >= 0.6 is 11.3 Å². The Balaban J connectivity index is 1.63. The number of hydrogen-bond acceptors (Lipinski definition) is 5. The van der Waals surface area contributed by atoms with E-state index in [9.17, 15) is 9.59 Å². The fourth-order valence-electron chi connectivity index (χ4n) is 2.99. The number of carbonyl (C=O) groups excluding carboxylic acids is 1. The molecule has 1 aromatic carbocycles. The van der Waals surface area contributed by atoms with Crippen molar-refractivity contribution in [1.82, 2.24) is 4.98 Å². The summed E-state index contributed by atoms with van der Waals surface area (Å²) in [5.74, 6) is 0.169. The van der Waals surface area contributed by atoms with Crippen LogP contribution in [0.3, 0.4) is 0 Å². The van der Waals surface area contributed by atoms with Gasteiger partial charge in [0.1, 0.15) is 17.4 Å². The van der Waals surface area contributed by atoms with E-state index < -0.39 is 5.91 Å². The Morgan fingerprint density at radius 2 is 2.21 bits per heavy atom. The number of para-hydroxylation sites is 1. The lowest BCUT2D eigenvalue weighted by Gasteiger charge is -2.15. The van der Waals surface area contributed by atoms with Crippen molar-refractivity contribution in [3.05, 3.63) is 56.9 Å². The molecule has 0 saturated carbocycles. The van der Waals surface area contributed by atoms with E-state index in [0.717, 1.165) is 25.0 Å². The summed E-state index contributed by atoms with van der Waals surface area (Å²) in [4.78, 5) is 30.6. The second kappa shape index (κ2) is 5.87. The van der Waals surface area contributed by atoms with E-state index in [1.54, 1.807) is 24.3 Å². The zero-order valence-corrected chi connectivity index (χ0v) is 14.0. The smallest absolute Gasteiger partial charge is 0.264 e. The van der Waals surface area contributed by atoms with Crippen molar-refractivity contribution >= 4 is 33.3 Å². The summed E-state index contributed by atoms with van der Waals surface area (Å²) in [5, 5.41) is 3.69. The van der Waals surface area contributed by atoms with E-state index in [2.05, 4.69) is 17.2 Å². The number of anilines is 1. The van der Waals surface area contributed by atoms with Crippen molar-refractivity contribution in [2.75, 3.05) is 5.32 Å². The Bertz CT molecular complexity index is 989. The Hall–Kier alpha value is -2.47. The van der Waals surface area contributed by atoms with Crippen LogP contribution in [0, 0.1) is 5.92 Å². The van der Waals surface area contributed by atoms with Crippen LogP contribution in [-0.4, -0.2) is 10.9 Å². The first kappa shape index (κ1) is 15.1. The molecular formula is C18H16N2O3S. The molecule has 1 amide bonds. The van der Waals surface area contributed by atoms with E-state index in [-0.39, 0.29) is 11.0 Å². The minimum Gasteiger partial charge on any atom is -0.463 e. The van der Waals surface area contributed by atoms with Gasteiger partial charge in [-0.15, -0.1) is 11.3 Å². The lowest BCUT2D eigenvalue weighted by molar-refractivity contribution is 0.102. The quantitative estimate of drug-likeness (QED) is 0.773. The monoisotopic (exact) mass is 340 g/mol. The number of rotatable bonds is 2. The molecule has 2 heterocycles. The highest BCUT2D eigenvalue weighted by molar-refractivity contribution is 7.15. The average molecular weight is 340 g/mol. The number of carbonyl (C=O) groups is 1. The van der Waals surface area contributed by atoms with Crippen molar-refractivity contribution in [2.45, 2.75) is 26.2 Å². The first-order valence-corrected chi connectivity index (χ1v) is 8.74.